The number of terminal acetylenes is 1. The Bertz CT molecular complexity index is 3440. The molecular formula is C60H65F3N10O6. The minimum absolute atomic E-state index is 0.0119. The molecule has 1 N–H and O–H groups in total. The number of pyridine rings is 1. The highest BCUT2D eigenvalue weighted by molar-refractivity contribution is 6.04. The van der Waals surface area contributed by atoms with Crippen molar-refractivity contribution in [2.24, 2.45) is 18.9 Å². The number of halogens is 3. The molecule has 3 aromatic carbocycles. The van der Waals surface area contributed by atoms with Gasteiger partial charge in [0.05, 0.1) is 52.0 Å². The van der Waals surface area contributed by atoms with Crippen LogP contribution >= 0.6 is 0 Å². The van der Waals surface area contributed by atoms with Gasteiger partial charge in [-0.1, -0.05) is 30.2 Å². The molecule has 0 radical (unpaired) electrons. The summed E-state index contributed by atoms with van der Waals surface area (Å²) in [7, 11) is 1.86. The largest absolute Gasteiger partial charge is 0.461 e. The highest BCUT2D eigenvalue weighted by atomic mass is 19.1. The van der Waals surface area contributed by atoms with Crippen molar-refractivity contribution in [1.82, 2.24) is 39.8 Å². The third-order valence-corrected chi connectivity index (χ3v) is 18.6. The maximum atomic E-state index is 17.5. The van der Waals surface area contributed by atoms with E-state index < -0.39 is 23.7 Å². The first-order valence-electron chi connectivity index (χ1n) is 28.4. The van der Waals surface area contributed by atoms with Crippen molar-refractivity contribution < 1.29 is 41.8 Å². The summed E-state index contributed by atoms with van der Waals surface area (Å²) in [4.78, 5) is 61.5. The van der Waals surface area contributed by atoms with Crippen LogP contribution in [0.4, 0.5) is 29.5 Å². The number of nitrogens with one attached hydrogen (secondary N) is 1. The summed E-state index contributed by atoms with van der Waals surface area (Å²) < 4.78 is 69.5. The number of alkyl halides is 1. The van der Waals surface area contributed by atoms with Crippen LogP contribution in [0.15, 0.2) is 48.5 Å². The average Bonchev–Trinajstić information content (AvgIpc) is 4.24. The number of hydrogen-bond donors (Lipinski definition) is 1. The van der Waals surface area contributed by atoms with Crippen molar-refractivity contribution in [3.8, 4) is 29.6 Å². The minimum Gasteiger partial charge on any atom is -0.461 e. The third kappa shape index (κ3) is 9.25. The lowest BCUT2D eigenvalue weighted by molar-refractivity contribution is -0.134. The van der Waals surface area contributed by atoms with Gasteiger partial charge in [0.2, 0.25) is 11.8 Å². The van der Waals surface area contributed by atoms with E-state index in [1.807, 2.05) is 25.2 Å². The maximum Gasteiger partial charge on any atom is 0.409 e. The van der Waals surface area contributed by atoms with Crippen molar-refractivity contribution in [1.29, 1.82) is 0 Å². The number of likely N-dealkylation sites (tertiary alicyclic amines) is 1. The number of rotatable bonds is 10. The van der Waals surface area contributed by atoms with E-state index in [1.165, 1.54) is 6.07 Å². The second-order valence-corrected chi connectivity index (χ2v) is 22.9. The van der Waals surface area contributed by atoms with Crippen molar-refractivity contribution in [3.05, 3.63) is 77.1 Å². The quantitative estimate of drug-likeness (QED) is 0.103. The van der Waals surface area contributed by atoms with Gasteiger partial charge in [0, 0.05) is 80.9 Å². The van der Waals surface area contributed by atoms with E-state index in [-0.39, 0.29) is 83.4 Å². The molecule has 0 saturated carbocycles. The Balaban J connectivity index is 0.640. The van der Waals surface area contributed by atoms with Gasteiger partial charge in [-0.25, -0.2) is 22.9 Å². The van der Waals surface area contributed by atoms with Crippen molar-refractivity contribution in [3.63, 3.8) is 0 Å². The first-order valence-corrected chi connectivity index (χ1v) is 28.4. The number of benzene rings is 3. The zero-order chi connectivity index (χ0) is 54.1. The van der Waals surface area contributed by atoms with Crippen LogP contribution in [0, 0.1) is 35.8 Å². The first-order chi connectivity index (χ1) is 38.4. The molecule has 0 spiro atoms. The smallest absolute Gasteiger partial charge is 0.409 e. The zero-order valence-corrected chi connectivity index (χ0v) is 44.5. The Hall–Kier alpha value is -7.04. The molecule has 6 aromatic rings. The normalized spacial score (nSPS) is 24.5. The molecule has 6 fully saturated rings. The standard InChI is InChI=1S/C60H65F3N10O6/c1-3-41-45(61)14-9-35-7-4-8-43(49(35)41)54-52(63)55-50-46(64-54)15-11-39-32-77-30-6-24-72(39)56(50)67-58(66-55)79-34-60-22-5-25-73(60)40(17-23-60)33-78-59(76)71-28-20-37(21-29-71)51(62)36-18-26-70(27-19-36)38-10-12-42-47(31-38)69(2)68-53(42)44-13-16-48(74)65-57(44)75/h1,4,7-10,12,14,31,36-37,39-40,44,51H,5-6,11,13,15-30,32-34H2,2H3,(H,65,74,75)/t39-,40-,44?,51+,60-/m0/s1. The van der Waals surface area contributed by atoms with E-state index in [1.54, 1.807) is 27.8 Å². The lowest BCUT2D eigenvalue weighted by Crippen LogP contribution is -2.48. The Morgan fingerprint density at radius 1 is 0.911 bits per heavy atom. The van der Waals surface area contributed by atoms with E-state index in [9.17, 15) is 14.4 Å². The molecule has 19 heteroatoms. The van der Waals surface area contributed by atoms with E-state index in [4.69, 9.17) is 40.7 Å². The predicted molar refractivity (Wildman–Crippen MR) is 292 cm³/mol. The van der Waals surface area contributed by atoms with Crippen LogP contribution in [0.25, 0.3) is 43.8 Å². The number of carbonyl (C=O) groups excluding carboxylic acids is 3. The molecule has 10 heterocycles. The number of amides is 3. The monoisotopic (exact) mass is 1080 g/mol. The van der Waals surface area contributed by atoms with Crippen LogP contribution in [0.1, 0.15) is 99.9 Å². The van der Waals surface area contributed by atoms with Crippen LogP contribution in [-0.4, -0.2) is 142 Å². The lowest BCUT2D eigenvalue weighted by atomic mass is 9.81. The van der Waals surface area contributed by atoms with E-state index in [0.29, 0.717) is 110 Å². The summed E-state index contributed by atoms with van der Waals surface area (Å²) in [5, 5.41) is 9.66. The van der Waals surface area contributed by atoms with Gasteiger partial charge in [0.25, 0.3) is 0 Å². The van der Waals surface area contributed by atoms with Gasteiger partial charge in [-0.15, -0.1) is 6.42 Å². The SMILES string of the molecule is C#Cc1c(F)ccc2cccc(-c3nc4c5c(nc(OC[C@@]67CCCN6[C@H](COC(=O)N6CCC([C@H](F)C8CCN(c9ccc%10c(C%11CCC(=O)NC%11=O)nn(C)c%10c9)CC8)CC6)CC7)nc5c3F)N3CCCOC[C@@H]3CC4)c12. The molecule has 3 amide bonds. The number of piperidine rings is 3. The van der Waals surface area contributed by atoms with Gasteiger partial charge < -0.3 is 28.9 Å². The lowest BCUT2D eigenvalue weighted by Gasteiger charge is -2.39. The fraction of sp³-hybridized carbons (Fsp3) is 0.517. The number of anilines is 2. The zero-order valence-electron chi connectivity index (χ0n) is 44.5. The number of nitrogens with zero attached hydrogens (tertiary/aromatic N) is 9. The Kier molecular flexibility index (Phi) is 13.6. The van der Waals surface area contributed by atoms with Crippen molar-refractivity contribution in [2.45, 2.75) is 113 Å². The molecule has 16 nitrogen and oxygen atoms in total. The molecule has 0 bridgehead atoms. The van der Waals surface area contributed by atoms with Gasteiger partial charge in [0.15, 0.2) is 5.82 Å². The number of ether oxygens (including phenoxy) is 3. The van der Waals surface area contributed by atoms with Crippen molar-refractivity contribution >= 4 is 62.0 Å². The second-order valence-electron chi connectivity index (χ2n) is 22.9. The molecule has 0 aliphatic carbocycles. The first kappa shape index (κ1) is 51.4. The van der Waals surface area contributed by atoms with E-state index in [2.05, 4.69) is 32.0 Å². The highest BCUT2D eigenvalue weighted by Crippen LogP contribution is 2.45. The number of aryl methyl sites for hydroxylation is 2. The van der Waals surface area contributed by atoms with Gasteiger partial charge in [-0.05, 0) is 125 Å². The van der Waals surface area contributed by atoms with Crippen LogP contribution in [0.5, 0.6) is 6.01 Å². The minimum atomic E-state index is -0.954. The molecule has 1 unspecified atom stereocenters. The topological polar surface area (TPSA) is 160 Å². The molecule has 79 heavy (non-hydrogen) atoms. The molecule has 13 rings (SSSR count). The van der Waals surface area contributed by atoms with Crippen LogP contribution in [0.2, 0.25) is 0 Å². The molecule has 6 saturated heterocycles. The Morgan fingerprint density at radius 2 is 1.73 bits per heavy atom. The Morgan fingerprint density at radius 3 is 2.54 bits per heavy atom. The fourth-order valence-corrected chi connectivity index (χ4v) is 14.4. The molecular weight excluding hydrogens is 1010 g/mol. The number of aromatic nitrogens is 5. The van der Waals surface area contributed by atoms with Crippen LogP contribution in [-0.2, 0) is 32.5 Å². The summed E-state index contributed by atoms with van der Waals surface area (Å²) in [5.74, 6) is 0.622. The molecule has 5 atom stereocenters. The predicted octanol–water partition coefficient (Wildman–Crippen LogP) is 8.53. The van der Waals surface area contributed by atoms with E-state index >= 15 is 13.2 Å². The third-order valence-electron chi connectivity index (χ3n) is 18.6. The summed E-state index contributed by atoms with van der Waals surface area (Å²) in [5.41, 5.74) is 3.49. The van der Waals surface area contributed by atoms with Gasteiger partial charge in [-0.3, -0.25) is 24.5 Å². The molecule has 3 aromatic heterocycles. The second kappa shape index (κ2) is 20.9. The Labute approximate surface area is 456 Å². The number of carbonyl (C=O) groups is 3. The fourth-order valence-electron chi connectivity index (χ4n) is 14.4. The average molecular weight is 1080 g/mol. The number of imide groups is 1. The maximum absolute atomic E-state index is 17.5. The summed E-state index contributed by atoms with van der Waals surface area (Å²) in [6.07, 6.45) is 13.3. The summed E-state index contributed by atoms with van der Waals surface area (Å²) >= 11 is 0. The van der Waals surface area contributed by atoms with Gasteiger partial charge in [-0.2, -0.15) is 15.1 Å². The van der Waals surface area contributed by atoms with Crippen LogP contribution in [0.3, 0.4) is 0 Å². The molecule has 7 aliphatic heterocycles. The molecule has 7 aliphatic rings. The van der Waals surface area contributed by atoms with Gasteiger partial charge in [0.1, 0.15) is 42.2 Å². The van der Waals surface area contributed by atoms with Crippen LogP contribution < -0.4 is 19.9 Å². The number of hydrogen-bond acceptors (Lipinski definition) is 13. The number of fused-ring (bicyclic) bond motifs is 5. The highest BCUT2D eigenvalue weighted by Gasteiger charge is 2.50. The molecule has 412 valence electrons. The summed E-state index contributed by atoms with van der Waals surface area (Å²) in [6, 6.07) is 14.5. The van der Waals surface area contributed by atoms with Gasteiger partial charge >= 0.3 is 12.1 Å². The summed E-state index contributed by atoms with van der Waals surface area (Å²) in [6.45, 7) is 5.44. The van der Waals surface area contributed by atoms with Crippen molar-refractivity contribution in [2.75, 3.05) is 75.5 Å². The van der Waals surface area contributed by atoms with E-state index in [0.717, 1.165) is 81.2 Å².